The molecule has 7 heteroatoms. The van der Waals surface area contributed by atoms with Crippen LogP contribution in [0.3, 0.4) is 0 Å². The topological polar surface area (TPSA) is 79.0 Å². The molecule has 0 spiro atoms. The van der Waals surface area contributed by atoms with E-state index >= 15 is 0 Å². The fraction of sp³-hybridized carbons (Fsp3) is 0.273. The SMILES string of the molecule is O=C(Cc1ccc(F)cc1)N1CCC(c2nc(-c3cccnc3)cc(=O)[nH]2)CC1. The highest BCUT2D eigenvalue weighted by Gasteiger charge is 2.25. The highest BCUT2D eigenvalue weighted by atomic mass is 19.1. The van der Waals surface area contributed by atoms with Gasteiger partial charge in [-0.2, -0.15) is 0 Å². The zero-order chi connectivity index (χ0) is 20.2. The van der Waals surface area contributed by atoms with Gasteiger partial charge in [0.15, 0.2) is 0 Å². The van der Waals surface area contributed by atoms with Crippen molar-refractivity contribution in [3.8, 4) is 11.3 Å². The maximum Gasteiger partial charge on any atom is 0.251 e. The monoisotopic (exact) mass is 392 g/mol. The molecule has 1 aromatic carbocycles. The molecule has 0 unspecified atom stereocenters. The zero-order valence-corrected chi connectivity index (χ0v) is 15.8. The number of nitrogens with one attached hydrogen (secondary N) is 1. The van der Waals surface area contributed by atoms with Gasteiger partial charge < -0.3 is 9.88 Å². The van der Waals surface area contributed by atoms with Crippen LogP contribution in [-0.4, -0.2) is 38.8 Å². The quantitative estimate of drug-likeness (QED) is 0.741. The molecule has 1 saturated heterocycles. The lowest BCUT2D eigenvalue weighted by atomic mass is 9.95. The van der Waals surface area contributed by atoms with Crippen LogP contribution in [0, 0.1) is 5.82 Å². The summed E-state index contributed by atoms with van der Waals surface area (Å²) < 4.78 is 13.0. The Morgan fingerprint density at radius 2 is 1.93 bits per heavy atom. The summed E-state index contributed by atoms with van der Waals surface area (Å²) in [7, 11) is 0. The van der Waals surface area contributed by atoms with Crippen LogP contribution < -0.4 is 5.56 Å². The molecule has 4 rings (SSSR count). The normalized spacial score (nSPS) is 14.7. The standard InChI is InChI=1S/C22H21FN4O2/c23-18-5-3-15(4-6-18)12-21(29)27-10-7-16(8-11-27)22-25-19(13-20(28)26-22)17-2-1-9-24-14-17/h1-6,9,13-14,16H,7-8,10-12H2,(H,25,26,28). The van der Waals surface area contributed by atoms with Crippen molar-refractivity contribution in [2.75, 3.05) is 13.1 Å². The van der Waals surface area contributed by atoms with Crippen molar-refractivity contribution in [3.63, 3.8) is 0 Å². The van der Waals surface area contributed by atoms with Crippen LogP contribution in [0.2, 0.25) is 0 Å². The van der Waals surface area contributed by atoms with Crippen molar-refractivity contribution in [2.45, 2.75) is 25.2 Å². The maximum absolute atomic E-state index is 13.0. The van der Waals surface area contributed by atoms with Crippen molar-refractivity contribution < 1.29 is 9.18 Å². The molecule has 148 valence electrons. The molecular weight excluding hydrogens is 371 g/mol. The van der Waals surface area contributed by atoms with E-state index in [1.807, 2.05) is 17.0 Å². The molecule has 6 nitrogen and oxygen atoms in total. The minimum Gasteiger partial charge on any atom is -0.342 e. The molecule has 29 heavy (non-hydrogen) atoms. The molecule has 0 bridgehead atoms. The first-order chi connectivity index (χ1) is 14.1. The highest BCUT2D eigenvalue weighted by molar-refractivity contribution is 5.78. The van der Waals surface area contributed by atoms with Gasteiger partial charge in [0.25, 0.3) is 5.56 Å². The van der Waals surface area contributed by atoms with E-state index in [0.29, 0.717) is 24.6 Å². The van der Waals surface area contributed by atoms with Gasteiger partial charge in [0.05, 0.1) is 12.1 Å². The van der Waals surface area contributed by atoms with Gasteiger partial charge in [-0.05, 0) is 42.7 Å². The predicted molar refractivity (Wildman–Crippen MR) is 107 cm³/mol. The largest absolute Gasteiger partial charge is 0.342 e. The Morgan fingerprint density at radius 3 is 2.62 bits per heavy atom. The molecule has 1 aliphatic rings. The number of H-pyrrole nitrogens is 1. The number of piperidine rings is 1. The first kappa shape index (κ1) is 19.0. The van der Waals surface area contributed by atoms with Gasteiger partial charge >= 0.3 is 0 Å². The predicted octanol–water partition coefficient (Wildman–Crippen LogP) is 2.92. The second-order valence-electron chi connectivity index (χ2n) is 7.22. The van der Waals surface area contributed by atoms with Crippen LogP contribution in [0.25, 0.3) is 11.3 Å². The van der Waals surface area contributed by atoms with Gasteiger partial charge in [-0.1, -0.05) is 12.1 Å². The number of pyridine rings is 1. The van der Waals surface area contributed by atoms with Crippen LogP contribution in [0.5, 0.6) is 0 Å². The number of carbonyl (C=O) groups is 1. The summed E-state index contributed by atoms with van der Waals surface area (Å²) in [5, 5.41) is 0. The maximum atomic E-state index is 13.0. The van der Waals surface area contributed by atoms with Crippen LogP contribution in [0.1, 0.15) is 30.1 Å². The lowest BCUT2D eigenvalue weighted by Crippen LogP contribution is -2.39. The second-order valence-corrected chi connectivity index (χ2v) is 7.22. The Hall–Kier alpha value is -3.35. The lowest BCUT2D eigenvalue weighted by Gasteiger charge is -2.31. The smallest absolute Gasteiger partial charge is 0.251 e. The summed E-state index contributed by atoms with van der Waals surface area (Å²) in [6.45, 7) is 1.21. The molecule has 0 atom stereocenters. The highest BCUT2D eigenvalue weighted by Crippen LogP contribution is 2.26. The Kier molecular flexibility index (Phi) is 5.46. The van der Waals surface area contributed by atoms with E-state index in [1.165, 1.54) is 18.2 Å². The van der Waals surface area contributed by atoms with Gasteiger partial charge in [-0.15, -0.1) is 0 Å². The molecule has 3 heterocycles. The molecule has 0 radical (unpaired) electrons. The van der Waals surface area contributed by atoms with E-state index in [1.54, 1.807) is 24.5 Å². The molecule has 2 aromatic heterocycles. The number of benzene rings is 1. The number of rotatable bonds is 4. The van der Waals surface area contributed by atoms with Crippen molar-refractivity contribution in [1.29, 1.82) is 0 Å². The molecular formula is C22H21FN4O2. The summed E-state index contributed by atoms with van der Waals surface area (Å²) >= 11 is 0. The first-order valence-electron chi connectivity index (χ1n) is 9.62. The Labute approximate surface area is 167 Å². The molecule has 1 N–H and O–H groups in total. The minimum atomic E-state index is -0.308. The number of nitrogens with zero attached hydrogens (tertiary/aromatic N) is 3. The van der Waals surface area contributed by atoms with Crippen LogP contribution in [0.4, 0.5) is 4.39 Å². The van der Waals surface area contributed by atoms with Gasteiger partial charge in [-0.25, -0.2) is 9.37 Å². The summed E-state index contributed by atoms with van der Waals surface area (Å²) in [6.07, 6.45) is 5.08. The van der Waals surface area contributed by atoms with E-state index in [2.05, 4.69) is 15.0 Å². The Balaban J connectivity index is 1.42. The van der Waals surface area contributed by atoms with Crippen LogP contribution in [-0.2, 0) is 11.2 Å². The minimum absolute atomic E-state index is 0.0284. The van der Waals surface area contributed by atoms with Crippen molar-refractivity contribution in [3.05, 3.63) is 82.4 Å². The van der Waals surface area contributed by atoms with Gasteiger partial charge in [-0.3, -0.25) is 14.6 Å². The molecule has 0 saturated carbocycles. The average Bonchev–Trinajstić information content (AvgIpc) is 2.75. The number of hydrogen-bond donors (Lipinski definition) is 1. The number of aromatic nitrogens is 3. The lowest BCUT2D eigenvalue weighted by molar-refractivity contribution is -0.131. The van der Waals surface area contributed by atoms with Gasteiger partial charge in [0, 0.05) is 43.0 Å². The Bertz CT molecular complexity index is 1040. The summed E-state index contributed by atoms with van der Waals surface area (Å²) in [6, 6.07) is 11.2. The number of hydrogen-bond acceptors (Lipinski definition) is 4. The fourth-order valence-corrected chi connectivity index (χ4v) is 3.62. The van der Waals surface area contributed by atoms with E-state index in [4.69, 9.17) is 0 Å². The third kappa shape index (κ3) is 4.56. The molecule has 1 fully saturated rings. The van der Waals surface area contributed by atoms with Crippen molar-refractivity contribution in [1.82, 2.24) is 19.9 Å². The fourth-order valence-electron chi connectivity index (χ4n) is 3.62. The van der Waals surface area contributed by atoms with Crippen LogP contribution in [0.15, 0.2) is 59.7 Å². The summed E-state index contributed by atoms with van der Waals surface area (Å²) in [4.78, 5) is 38.1. The van der Waals surface area contributed by atoms with Crippen molar-refractivity contribution >= 4 is 5.91 Å². The number of aromatic amines is 1. The number of likely N-dealkylation sites (tertiary alicyclic amines) is 1. The van der Waals surface area contributed by atoms with Crippen molar-refractivity contribution in [2.24, 2.45) is 0 Å². The number of halogens is 1. The molecule has 3 aromatic rings. The van der Waals surface area contributed by atoms with E-state index in [0.717, 1.165) is 24.0 Å². The molecule has 0 aliphatic carbocycles. The van der Waals surface area contributed by atoms with E-state index < -0.39 is 0 Å². The molecule has 1 aliphatic heterocycles. The summed E-state index contributed by atoms with van der Waals surface area (Å²) in [5.74, 6) is 0.467. The zero-order valence-electron chi connectivity index (χ0n) is 15.8. The van der Waals surface area contributed by atoms with Gasteiger partial charge in [0.2, 0.25) is 5.91 Å². The Morgan fingerprint density at radius 1 is 1.17 bits per heavy atom. The first-order valence-corrected chi connectivity index (χ1v) is 9.62. The van der Waals surface area contributed by atoms with E-state index in [9.17, 15) is 14.0 Å². The average molecular weight is 392 g/mol. The van der Waals surface area contributed by atoms with Crippen LogP contribution >= 0.6 is 0 Å². The number of amides is 1. The second kappa shape index (κ2) is 8.34. The molecule has 1 amide bonds. The number of carbonyl (C=O) groups excluding carboxylic acids is 1. The van der Waals surface area contributed by atoms with E-state index in [-0.39, 0.29) is 29.6 Å². The van der Waals surface area contributed by atoms with Gasteiger partial charge in [0.1, 0.15) is 11.6 Å². The third-order valence-corrected chi connectivity index (χ3v) is 5.22. The summed E-state index contributed by atoms with van der Waals surface area (Å²) in [5.41, 5.74) is 2.01. The third-order valence-electron chi connectivity index (χ3n) is 5.22.